The highest BCUT2D eigenvalue weighted by atomic mass is 16.4. The van der Waals surface area contributed by atoms with Crippen LogP contribution in [0.15, 0.2) is 12.1 Å². The molecule has 0 unspecified atom stereocenters. The van der Waals surface area contributed by atoms with Gasteiger partial charge >= 0.3 is 11.9 Å². The van der Waals surface area contributed by atoms with Crippen LogP contribution in [0.3, 0.4) is 0 Å². The second-order valence-corrected chi connectivity index (χ2v) is 16.0. The summed E-state index contributed by atoms with van der Waals surface area (Å²) >= 11 is 0. The molecule has 3 aromatic rings. The minimum atomic E-state index is -0.974. The SMILES string of the molecule is CCC1=C(C)c2cc3[nH]c(cc4nc(c(=C(O)[C@@H](N)CCCCN)c5[nH]c(c(C)c5CC)c(=C(O)[C@@H](N)CCCCN)c1n2)C(C)=C4CCC(=O)O)c(CCC(=O)O)c3C. The van der Waals surface area contributed by atoms with Gasteiger partial charge in [-0.1, -0.05) is 26.7 Å². The van der Waals surface area contributed by atoms with Crippen LogP contribution >= 0.6 is 0 Å². The molecule has 8 bridgehead atoms. The fourth-order valence-corrected chi connectivity index (χ4v) is 8.61. The number of allylic oxidation sites excluding steroid dienone is 4. The summed E-state index contributed by atoms with van der Waals surface area (Å²) in [7, 11) is 0. The lowest BCUT2D eigenvalue weighted by Gasteiger charge is -2.12. The third kappa shape index (κ3) is 9.36. The quantitative estimate of drug-likeness (QED) is 0.0673. The summed E-state index contributed by atoms with van der Waals surface area (Å²) in [5, 5.41) is 45.2. The zero-order valence-corrected chi connectivity index (χ0v) is 36.0. The molecule has 2 aliphatic rings. The molecule has 5 heterocycles. The molecule has 14 heteroatoms. The van der Waals surface area contributed by atoms with Crippen molar-refractivity contribution in [1.82, 2.24) is 19.9 Å². The number of hydrogen-bond acceptors (Lipinski definition) is 10. The van der Waals surface area contributed by atoms with Crippen LogP contribution in [-0.4, -0.2) is 77.5 Å². The van der Waals surface area contributed by atoms with Gasteiger partial charge in [0.25, 0.3) is 0 Å². The van der Waals surface area contributed by atoms with Crippen molar-refractivity contribution in [2.24, 2.45) is 22.9 Å². The number of nitrogens with two attached hydrogens (primary N) is 4. The highest BCUT2D eigenvalue weighted by Crippen LogP contribution is 2.36. The van der Waals surface area contributed by atoms with Crippen LogP contribution in [0.2, 0.25) is 0 Å². The lowest BCUT2D eigenvalue weighted by atomic mass is 9.97. The van der Waals surface area contributed by atoms with Gasteiger partial charge in [-0.25, -0.2) is 9.97 Å². The Hall–Kier alpha value is -5.28. The van der Waals surface area contributed by atoms with Gasteiger partial charge in [0, 0.05) is 23.9 Å². The highest BCUT2D eigenvalue weighted by Gasteiger charge is 2.26. The van der Waals surface area contributed by atoms with Gasteiger partial charge in [0.2, 0.25) is 0 Å². The Balaban J connectivity index is 2.17. The number of carboxylic acids is 2. The zero-order chi connectivity index (χ0) is 44.0. The number of H-pyrrole nitrogens is 2. The Morgan fingerprint density at radius 1 is 0.633 bits per heavy atom. The molecular weight excluding hydrogens is 761 g/mol. The number of aromatic nitrogens is 4. The van der Waals surface area contributed by atoms with Crippen LogP contribution < -0.4 is 33.4 Å². The van der Waals surface area contributed by atoms with E-state index in [4.69, 9.17) is 32.9 Å². The molecule has 0 amide bonds. The first-order chi connectivity index (χ1) is 28.6. The summed E-state index contributed by atoms with van der Waals surface area (Å²) in [5.41, 5.74) is 36.5. The summed E-state index contributed by atoms with van der Waals surface area (Å²) in [6.07, 6.45) is 5.02. The van der Waals surface area contributed by atoms with Crippen LogP contribution in [0, 0.1) is 13.8 Å². The fourth-order valence-electron chi connectivity index (χ4n) is 8.61. The van der Waals surface area contributed by atoms with Gasteiger partial charge in [-0.3, -0.25) is 9.59 Å². The lowest BCUT2D eigenvalue weighted by Crippen LogP contribution is -2.29. The molecule has 0 fully saturated rings. The average molecular weight is 825 g/mol. The van der Waals surface area contributed by atoms with Crippen LogP contribution in [0.5, 0.6) is 0 Å². The second-order valence-electron chi connectivity index (χ2n) is 16.0. The fraction of sp³-hybridized carbons (Fsp3) is 0.478. The summed E-state index contributed by atoms with van der Waals surface area (Å²) in [6, 6.07) is 2.27. The van der Waals surface area contributed by atoms with E-state index in [0.717, 1.165) is 51.8 Å². The van der Waals surface area contributed by atoms with Crippen LogP contribution in [0.4, 0.5) is 0 Å². The minimum absolute atomic E-state index is 0.0246. The maximum Gasteiger partial charge on any atom is 0.303 e. The first kappa shape index (κ1) is 45.8. The van der Waals surface area contributed by atoms with E-state index in [1.165, 1.54) is 0 Å². The van der Waals surface area contributed by atoms with Crippen LogP contribution in [0.25, 0.3) is 55.9 Å². The second kappa shape index (κ2) is 19.9. The van der Waals surface area contributed by atoms with Crippen molar-refractivity contribution in [3.63, 3.8) is 0 Å². The van der Waals surface area contributed by atoms with E-state index in [2.05, 4.69) is 9.97 Å². The smallest absolute Gasteiger partial charge is 0.303 e. The monoisotopic (exact) mass is 824 g/mol. The van der Waals surface area contributed by atoms with Crippen molar-refractivity contribution < 1.29 is 30.0 Å². The molecule has 0 radical (unpaired) electrons. The molecule has 60 heavy (non-hydrogen) atoms. The summed E-state index contributed by atoms with van der Waals surface area (Å²) in [4.78, 5) is 41.6. The summed E-state index contributed by atoms with van der Waals surface area (Å²) in [6.45, 7) is 12.8. The molecule has 5 rings (SSSR count). The maximum absolute atomic E-state index is 12.4. The van der Waals surface area contributed by atoms with Crippen molar-refractivity contribution in [3.05, 3.63) is 67.6 Å². The largest absolute Gasteiger partial charge is 0.510 e. The number of fused-ring (bicyclic) bond motifs is 8. The molecule has 0 aromatic carbocycles. The van der Waals surface area contributed by atoms with E-state index >= 15 is 0 Å². The van der Waals surface area contributed by atoms with E-state index in [1.54, 1.807) is 0 Å². The number of rotatable bonds is 18. The van der Waals surface area contributed by atoms with E-state index in [-0.39, 0.29) is 37.2 Å². The molecule has 0 aliphatic carbocycles. The average Bonchev–Trinajstić information content (AvgIpc) is 3.89. The minimum Gasteiger partial charge on any atom is -0.510 e. The number of aliphatic hydroxyl groups excluding tert-OH is 2. The first-order valence-corrected chi connectivity index (χ1v) is 21.3. The number of hydrogen-bond donors (Lipinski definition) is 10. The van der Waals surface area contributed by atoms with Crippen molar-refractivity contribution in [2.45, 2.75) is 131 Å². The lowest BCUT2D eigenvalue weighted by molar-refractivity contribution is -0.137. The van der Waals surface area contributed by atoms with Gasteiger partial charge < -0.3 is 53.3 Å². The number of aliphatic carboxylic acids is 2. The Morgan fingerprint density at radius 2 is 1.18 bits per heavy atom. The predicted molar refractivity (Wildman–Crippen MR) is 241 cm³/mol. The third-order valence-corrected chi connectivity index (χ3v) is 12.1. The number of carbonyl (C=O) groups is 2. The summed E-state index contributed by atoms with van der Waals surface area (Å²) < 4.78 is 0. The normalized spacial score (nSPS) is 15.1. The molecular formula is C46H64N8O6. The standard InChI is InChI=1S/C46H64N8O6/c1-7-27-23(3)34-21-33-24(4)29(15-17-37(55)56)35(51-33)22-36-30(16-18-38(57)58)26(6)41(53-36)39(45(59)31(49)13-9-11-19-47)44-28(8-2)25(5)42(54-44)40(43(27)52-34)46(60)32(50)14-10-12-20-48/h21-22,31-32,51,54,59-60H,7-20,47-50H2,1-6H3,(H,55,56)(H,57,58)/t31-,32-/m0/s1. The van der Waals surface area contributed by atoms with Crippen LogP contribution in [-0.2, 0) is 22.4 Å². The number of nitrogens with zero attached hydrogens (tertiary/aromatic N) is 2. The molecule has 324 valence electrons. The van der Waals surface area contributed by atoms with Crippen LogP contribution in [0.1, 0.15) is 137 Å². The number of aliphatic hydroxyl groups is 2. The van der Waals surface area contributed by atoms with Gasteiger partial charge in [-0.2, -0.15) is 0 Å². The Kier molecular flexibility index (Phi) is 15.2. The van der Waals surface area contributed by atoms with E-state index in [1.807, 2.05) is 53.7 Å². The molecule has 14 N–H and O–H groups in total. The topological polar surface area (TPSA) is 276 Å². The predicted octanol–water partition coefficient (Wildman–Crippen LogP) is 5.89. The molecule has 0 saturated carbocycles. The molecule has 2 atom stereocenters. The zero-order valence-electron chi connectivity index (χ0n) is 36.0. The number of aryl methyl sites for hydroxylation is 4. The van der Waals surface area contributed by atoms with Gasteiger partial charge in [-0.05, 0) is 149 Å². The Morgan fingerprint density at radius 3 is 1.73 bits per heavy atom. The molecule has 3 aromatic heterocycles. The highest BCUT2D eigenvalue weighted by molar-refractivity contribution is 5.96. The van der Waals surface area contributed by atoms with Gasteiger partial charge in [0.05, 0.1) is 56.3 Å². The van der Waals surface area contributed by atoms with E-state index in [9.17, 15) is 30.0 Å². The van der Waals surface area contributed by atoms with Crippen molar-refractivity contribution in [1.29, 1.82) is 0 Å². The van der Waals surface area contributed by atoms with Crippen molar-refractivity contribution in [2.75, 3.05) is 13.1 Å². The molecule has 2 aliphatic heterocycles. The molecule has 0 saturated heterocycles. The van der Waals surface area contributed by atoms with E-state index in [0.29, 0.717) is 113 Å². The van der Waals surface area contributed by atoms with Gasteiger partial charge in [0.15, 0.2) is 0 Å². The Bertz CT molecular complexity index is 2510. The van der Waals surface area contributed by atoms with Crippen molar-refractivity contribution in [3.8, 4) is 0 Å². The first-order valence-electron chi connectivity index (χ1n) is 21.3. The number of nitrogens with one attached hydrogen (secondary N) is 2. The third-order valence-electron chi connectivity index (χ3n) is 12.1. The molecule has 0 spiro atoms. The van der Waals surface area contributed by atoms with Gasteiger partial charge in [0.1, 0.15) is 11.5 Å². The summed E-state index contributed by atoms with van der Waals surface area (Å²) in [5.74, 6) is -2.03. The number of aromatic amines is 2. The maximum atomic E-state index is 12.4. The number of carboxylic acid groups (broad SMARTS) is 2. The van der Waals surface area contributed by atoms with Crippen molar-refractivity contribution >= 4 is 67.8 Å². The van der Waals surface area contributed by atoms with E-state index < -0.39 is 24.0 Å². The Labute approximate surface area is 351 Å². The molecule has 14 nitrogen and oxygen atoms in total. The number of unbranched alkanes of at least 4 members (excludes halogenated alkanes) is 2. The van der Waals surface area contributed by atoms with Gasteiger partial charge in [-0.15, -0.1) is 0 Å².